The Morgan fingerprint density at radius 3 is 2.65 bits per heavy atom. The minimum atomic E-state index is -0.444. The van der Waals surface area contributed by atoms with Crippen LogP contribution in [0.15, 0.2) is 24.3 Å². The number of aromatic nitrogens is 2. The number of aryl methyl sites for hydroxylation is 1. The Kier molecular flexibility index (Phi) is 4.08. The maximum atomic E-state index is 11.8. The van der Waals surface area contributed by atoms with E-state index in [1.54, 1.807) is 0 Å². The predicted octanol–water partition coefficient (Wildman–Crippen LogP) is 2.96. The van der Waals surface area contributed by atoms with Crippen LogP contribution in [0.1, 0.15) is 30.0 Å². The minimum absolute atomic E-state index is 0.0462. The van der Waals surface area contributed by atoms with Gasteiger partial charge in [-0.2, -0.15) is 5.10 Å². The van der Waals surface area contributed by atoms with Gasteiger partial charge in [-0.15, -0.1) is 0 Å². The van der Waals surface area contributed by atoms with E-state index in [2.05, 4.69) is 10.2 Å². The van der Waals surface area contributed by atoms with Crippen molar-refractivity contribution in [1.82, 2.24) is 10.2 Å². The van der Waals surface area contributed by atoms with Crippen molar-refractivity contribution in [3.63, 3.8) is 0 Å². The van der Waals surface area contributed by atoms with Crippen LogP contribution in [-0.2, 0) is 4.74 Å². The van der Waals surface area contributed by atoms with Crippen molar-refractivity contribution in [1.29, 1.82) is 0 Å². The standard InChI is InChI=1S/C15H18N2O3/c1-9(2)20-12-8-6-5-7-11(12)13-10(3)16-17-14(13)15(18)19-4/h5-9H,1-4H3,(H,16,17). The molecule has 1 heterocycles. The van der Waals surface area contributed by atoms with Crippen LogP contribution in [0.3, 0.4) is 0 Å². The van der Waals surface area contributed by atoms with Crippen LogP contribution in [0.4, 0.5) is 0 Å². The van der Waals surface area contributed by atoms with E-state index in [0.717, 1.165) is 17.0 Å². The molecule has 0 saturated heterocycles. The van der Waals surface area contributed by atoms with E-state index in [9.17, 15) is 4.79 Å². The third kappa shape index (κ3) is 2.66. The van der Waals surface area contributed by atoms with E-state index in [4.69, 9.17) is 9.47 Å². The first kappa shape index (κ1) is 14.1. The largest absolute Gasteiger partial charge is 0.490 e. The number of H-pyrrole nitrogens is 1. The number of hydrogen-bond acceptors (Lipinski definition) is 4. The Balaban J connectivity index is 2.57. The van der Waals surface area contributed by atoms with E-state index in [1.165, 1.54) is 7.11 Å². The van der Waals surface area contributed by atoms with Gasteiger partial charge in [-0.3, -0.25) is 5.10 Å². The second kappa shape index (κ2) is 5.77. The fraction of sp³-hybridized carbons (Fsp3) is 0.333. The van der Waals surface area contributed by atoms with Gasteiger partial charge in [-0.1, -0.05) is 18.2 Å². The van der Waals surface area contributed by atoms with Gasteiger partial charge in [0.1, 0.15) is 5.75 Å². The van der Waals surface area contributed by atoms with E-state index in [-0.39, 0.29) is 6.10 Å². The summed E-state index contributed by atoms with van der Waals surface area (Å²) in [6.07, 6.45) is 0.0462. The number of esters is 1. The third-order valence-corrected chi connectivity index (χ3v) is 2.86. The highest BCUT2D eigenvalue weighted by Gasteiger charge is 2.21. The minimum Gasteiger partial charge on any atom is -0.490 e. The highest BCUT2D eigenvalue weighted by atomic mass is 16.5. The number of nitrogens with one attached hydrogen (secondary N) is 1. The number of nitrogens with zero attached hydrogens (tertiary/aromatic N) is 1. The molecule has 0 spiro atoms. The lowest BCUT2D eigenvalue weighted by molar-refractivity contribution is 0.0595. The van der Waals surface area contributed by atoms with Gasteiger partial charge in [0.15, 0.2) is 5.69 Å². The summed E-state index contributed by atoms with van der Waals surface area (Å²) < 4.78 is 10.6. The molecule has 0 aliphatic rings. The molecule has 0 aliphatic heterocycles. The highest BCUT2D eigenvalue weighted by Crippen LogP contribution is 2.34. The molecule has 0 radical (unpaired) electrons. The first-order valence-electron chi connectivity index (χ1n) is 6.44. The Bertz CT molecular complexity index is 617. The smallest absolute Gasteiger partial charge is 0.356 e. The Labute approximate surface area is 117 Å². The summed E-state index contributed by atoms with van der Waals surface area (Å²) in [5, 5.41) is 6.82. The third-order valence-electron chi connectivity index (χ3n) is 2.86. The van der Waals surface area contributed by atoms with Crippen LogP contribution < -0.4 is 4.74 Å². The van der Waals surface area contributed by atoms with Gasteiger partial charge in [0.25, 0.3) is 0 Å². The molecular formula is C15H18N2O3. The quantitative estimate of drug-likeness (QED) is 0.871. The van der Waals surface area contributed by atoms with Gasteiger partial charge >= 0.3 is 5.97 Å². The molecule has 0 bridgehead atoms. The normalized spacial score (nSPS) is 10.7. The summed E-state index contributed by atoms with van der Waals surface area (Å²) in [5.41, 5.74) is 2.61. The first-order chi connectivity index (χ1) is 9.54. The molecule has 0 unspecified atom stereocenters. The number of carbonyl (C=O) groups excluding carboxylic acids is 1. The van der Waals surface area contributed by atoms with Crippen molar-refractivity contribution < 1.29 is 14.3 Å². The van der Waals surface area contributed by atoms with Crippen LogP contribution in [0, 0.1) is 6.92 Å². The summed E-state index contributed by atoms with van der Waals surface area (Å²) >= 11 is 0. The summed E-state index contributed by atoms with van der Waals surface area (Å²) in [4.78, 5) is 11.8. The summed E-state index contributed by atoms with van der Waals surface area (Å²) in [6, 6.07) is 7.58. The maximum absolute atomic E-state index is 11.8. The molecule has 2 rings (SSSR count). The number of para-hydroxylation sites is 1. The van der Waals surface area contributed by atoms with Gasteiger partial charge < -0.3 is 9.47 Å². The van der Waals surface area contributed by atoms with Gasteiger partial charge in [-0.25, -0.2) is 4.79 Å². The summed E-state index contributed by atoms with van der Waals surface area (Å²) in [6.45, 7) is 5.75. The fourth-order valence-corrected chi connectivity index (χ4v) is 2.04. The Morgan fingerprint density at radius 2 is 2.00 bits per heavy atom. The number of benzene rings is 1. The average molecular weight is 274 g/mol. The average Bonchev–Trinajstić information content (AvgIpc) is 2.80. The molecule has 5 nitrogen and oxygen atoms in total. The number of rotatable bonds is 4. The van der Waals surface area contributed by atoms with Crippen molar-refractivity contribution in [3.8, 4) is 16.9 Å². The van der Waals surface area contributed by atoms with Gasteiger partial charge in [0.05, 0.1) is 18.9 Å². The van der Waals surface area contributed by atoms with Crippen LogP contribution >= 0.6 is 0 Å². The van der Waals surface area contributed by atoms with E-state index >= 15 is 0 Å². The van der Waals surface area contributed by atoms with Crippen LogP contribution in [0.25, 0.3) is 11.1 Å². The number of aromatic amines is 1. The van der Waals surface area contributed by atoms with Crippen molar-refractivity contribution >= 4 is 5.97 Å². The van der Waals surface area contributed by atoms with Crippen molar-refractivity contribution in [2.45, 2.75) is 26.9 Å². The molecule has 0 aliphatic carbocycles. The van der Waals surface area contributed by atoms with Crippen molar-refractivity contribution in [2.24, 2.45) is 0 Å². The van der Waals surface area contributed by atoms with Crippen molar-refractivity contribution in [2.75, 3.05) is 7.11 Å². The van der Waals surface area contributed by atoms with E-state index in [0.29, 0.717) is 11.3 Å². The Morgan fingerprint density at radius 1 is 1.30 bits per heavy atom. The first-order valence-corrected chi connectivity index (χ1v) is 6.44. The second-order valence-corrected chi connectivity index (χ2v) is 4.71. The monoisotopic (exact) mass is 274 g/mol. The molecule has 2 aromatic rings. The topological polar surface area (TPSA) is 64.2 Å². The lowest BCUT2D eigenvalue weighted by Gasteiger charge is -2.14. The molecule has 20 heavy (non-hydrogen) atoms. The molecule has 0 saturated carbocycles. The summed E-state index contributed by atoms with van der Waals surface area (Å²) in [7, 11) is 1.35. The molecule has 5 heteroatoms. The molecule has 1 N–H and O–H groups in total. The van der Waals surface area contributed by atoms with Crippen LogP contribution in [0.5, 0.6) is 5.75 Å². The SMILES string of the molecule is COC(=O)c1[nH]nc(C)c1-c1ccccc1OC(C)C. The maximum Gasteiger partial charge on any atom is 0.356 e. The van der Waals surface area contributed by atoms with Gasteiger partial charge in [0.2, 0.25) is 0 Å². The molecule has 0 amide bonds. The Hall–Kier alpha value is -2.30. The molecule has 106 valence electrons. The zero-order valence-corrected chi connectivity index (χ0v) is 12.1. The lowest BCUT2D eigenvalue weighted by atomic mass is 10.0. The van der Waals surface area contributed by atoms with Gasteiger partial charge in [0, 0.05) is 11.1 Å². The van der Waals surface area contributed by atoms with Crippen molar-refractivity contribution in [3.05, 3.63) is 35.7 Å². The number of hydrogen-bond donors (Lipinski definition) is 1. The van der Waals surface area contributed by atoms with Crippen LogP contribution in [0.2, 0.25) is 0 Å². The molecule has 0 fully saturated rings. The van der Waals surface area contributed by atoms with E-state index in [1.807, 2.05) is 45.0 Å². The lowest BCUT2D eigenvalue weighted by Crippen LogP contribution is -2.08. The zero-order chi connectivity index (χ0) is 14.7. The number of carbonyl (C=O) groups is 1. The molecule has 1 aromatic heterocycles. The predicted molar refractivity (Wildman–Crippen MR) is 75.9 cm³/mol. The molecule has 1 aromatic carbocycles. The number of methoxy groups -OCH3 is 1. The zero-order valence-electron chi connectivity index (χ0n) is 12.1. The summed E-state index contributed by atoms with van der Waals surface area (Å²) in [5.74, 6) is 0.275. The van der Waals surface area contributed by atoms with E-state index < -0.39 is 5.97 Å². The van der Waals surface area contributed by atoms with Crippen LogP contribution in [-0.4, -0.2) is 29.4 Å². The van der Waals surface area contributed by atoms with Gasteiger partial charge in [-0.05, 0) is 26.8 Å². The fourth-order valence-electron chi connectivity index (χ4n) is 2.04. The second-order valence-electron chi connectivity index (χ2n) is 4.71. The number of ether oxygens (including phenoxy) is 2. The molecule has 0 atom stereocenters. The molecular weight excluding hydrogens is 256 g/mol. The highest BCUT2D eigenvalue weighted by molar-refractivity contribution is 5.96.